The highest BCUT2D eigenvalue weighted by atomic mass is 16.5. The Bertz CT molecular complexity index is 693. The van der Waals surface area contributed by atoms with E-state index in [0.29, 0.717) is 23.8 Å². The number of benzene rings is 1. The van der Waals surface area contributed by atoms with E-state index in [2.05, 4.69) is 10.6 Å². The second kappa shape index (κ2) is 7.68. The number of anilines is 1. The minimum atomic E-state index is -1.24. The van der Waals surface area contributed by atoms with Gasteiger partial charge < -0.3 is 19.8 Å². The minimum absolute atomic E-state index is 0.234. The molecular formula is C18H22N2O4. The van der Waals surface area contributed by atoms with E-state index in [1.165, 1.54) is 6.26 Å². The van der Waals surface area contributed by atoms with Crippen LogP contribution in [0, 0.1) is 5.41 Å². The first-order valence-corrected chi connectivity index (χ1v) is 7.79. The van der Waals surface area contributed by atoms with Gasteiger partial charge in [0.05, 0.1) is 25.1 Å². The average molecular weight is 330 g/mol. The van der Waals surface area contributed by atoms with Gasteiger partial charge in [0, 0.05) is 0 Å². The molecule has 0 bridgehead atoms. The molecule has 2 aromatic rings. The van der Waals surface area contributed by atoms with Gasteiger partial charge in [-0.25, -0.2) is 0 Å². The molecule has 0 aliphatic rings. The van der Waals surface area contributed by atoms with Gasteiger partial charge in [-0.2, -0.15) is 0 Å². The lowest BCUT2D eigenvalue weighted by Crippen LogP contribution is -2.44. The molecule has 0 atom stereocenters. The number of rotatable bonds is 7. The highest BCUT2D eigenvalue weighted by Crippen LogP contribution is 2.26. The van der Waals surface area contributed by atoms with Crippen molar-refractivity contribution in [2.24, 2.45) is 5.41 Å². The number of hydrogen-bond donors (Lipinski definition) is 2. The number of amides is 2. The summed E-state index contributed by atoms with van der Waals surface area (Å²) in [5.74, 6) is 0.401. The summed E-state index contributed by atoms with van der Waals surface area (Å²) in [5, 5.41) is 5.47. The lowest BCUT2D eigenvalue weighted by molar-refractivity contribution is -0.138. The Morgan fingerprint density at radius 2 is 1.88 bits per heavy atom. The second-order valence-corrected chi connectivity index (χ2v) is 5.77. The van der Waals surface area contributed by atoms with Gasteiger partial charge in [-0.1, -0.05) is 12.1 Å². The van der Waals surface area contributed by atoms with Crippen LogP contribution in [0.2, 0.25) is 0 Å². The van der Waals surface area contributed by atoms with Gasteiger partial charge in [0.15, 0.2) is 0 Å². The summed E-state index contributed by atoms with van der Waals surface area (Å²) in [6.45, 7) is 5.73. The van der Waals surface area contributed by atoms with E-state index in [9.17, 15) is 9.59 Å². The topological polar surface area (TPSA) is 80.6 Å². The first kappa shape index (κ1) is 17.6. The molecule has 24 heavy (non-hydrogen) atoms. The third-order valence-electron chi connectivity index (χ3n) is 3.57. The molecule has 0 fully saturated rings. The Balaban J connectivity index is 2.02. The highest BCUT2D eigenvalue weighted by Gasteiger charge is 2.36. The van der Waals surface area contributed by atoms with E-state index in [1.807, 2.05) is 13.0 Å². The number of carbonyl (C=O) groups is 2. The smallest absolute Gasteiger partial charge is 0.239 e. The van der Waals surface area contributed by atoms with Crippen LogP contribution in [0.4, 0.5) is 5.69 Å². The summed E-state index contributed by atoms with van der Waals surface area (Å²) in [7, 11) is 0. The molecule has 2 rings (SSSR count). The number of hydrogen-bond acceptors (Lipinski definition) is 4. The second-order valence-electron chi connectivity index (χ2n) is 5.77. The highest BCUT2D eigenvalue weighted by molar-refractivity contribution is 6.10. The normalized spacial score (nSPS) is 11.0. The molecule has 128 valence electrons. The van der Waals surface area contributed by atoms with Crippen LogP contribution in [0.3, 0.4) is 0 Å². The van der Waals surface area contributed by atoms with E-state index in [4.69, 9.17) is 9.15 Å². The Morgan fingerprint density at radius 3 is 2.54 bits per heavy atom. The molecule has 0 radical (unpaired) electrons. The van der Waals surface area contributed by atoms with Crippen LogP contribution in [-0.4, -0.2) is 18.4 Å². The number of carbonyl (C=O) groups excluding carboxylic acids is 2. The van der Waals surface area contributed by atoms with Crippen LogP contribution in [0.25, 0.3) is 0 Å². The predicted molar refractivity (Wildman–Crippen MR) is 90.6 cm³/mol. The molecule has 0 aliphatic heterocycles. The summed E-state index contributed by atoms with van der Waals surface area (Å²) in [6.07, 6.45) is 1.53. The molecule has 2 amide bonds. The quantitative estimate of drug-likeness (QED) is 0.765. The van der Waals surface area contributed by atoms with Crippen LogP contribution in [0.15, 0.2) is 47.1 Å². The van der Waals surface area contributed by atoms with Gasteiger partial charge in [0.25, 0.3) is 0 Å². The van der Waals surface area contributed by atoms with Crippen molar-refractivity contribution in [2.75, 3.05) is 11.9 Å². The van der Waals surface area contributed by atoms with Gasteiger partial charge in [-0.05, 0) is 45.0 Å². The standard InChI is InChI=1S/C18H22N2O4/c1-4-23-15-10-6-5-9-14(15)20-17(22)18(2,3)16(21)19-12-13-8-7-11-24-13/h5-11H,4,12H2,1-3H3,(H,19,21)(H,20,22). The molecule has 0 spiro atoms. The van der Waals surface area contributed by atoms with Crippen LogP contribution >= 0.6 is 0 Å². The molecule has 0 saturated heterocycles. The summed E-state index contributed by atoms with van der Waals surface area (Å²) < 4.78 is 10.6. The van der Waals surface area contributed by atoms with Crippen molar-refractivity contribution in [1.82, 2.24) is 5.32 Å². The summed E-state index contributed by atoms with van der Waals surface area (Å²) >= 11 is 0. The van der Waals surface area contributed by atoms with Gasteiger partial charge in [-0.3, -0.25) is 9.59 Å². The van der Waals surface area contributed by atoms with Gasteiger partial charge >= 0.3 is 0 Å². The van der Waals surface area contributed by atoms with E-state index in [-0.39, 0.29) is 12.5 Å². The number of ether oxygens (including phenoxy) is 1. The summed E-state index contributed by atoms with van der Waals surface area (Å²) in [5.41, 5.74) is -0.706. The van der Waals surface area contributed by atoms with Gasteiger partial charge in [-0.15, -0.1) is 0 Å². The monoisotopic (exact) mass is 330 g/mol. The van der Waals surface area contributed by atoms with Crippen LogP contribution < -0.4 is 15.4 Å². The van der Waals surface area contributed by atoms with Crippen molar-refractivity contribution in [3.8, 4) is 5.75 Å². The van der Waals surface area contributed by atoms with Gasteiger partial charge in [0.2, 0.25) is 11.8 Å². The zero-order chi connectivity index (χ0) is 17.6. The fraction of sp³-hybridized carbons (Fsp3) is 0.333. The lowest BCUT2D eigenvalue weighted by Gasteiger charge is -2.23. The first-order valence-electron chi connectivity index (χ1n) is 7.79. The molecule has 0 unspecified atom stereocenters. The third kappa shape index (κ3) is 4.16. The Kier molecular flexibility index (Phi) is 5.63. The van der Waals surface area contributed by atoms with E-state index in [1.54, 1.807) is 44.2 Å². The largest absolute Gasteiger partial charge is 0.492 e. The third-order valence-corrected chi connectivity index (χ3v) is 3.57. The fourth-order valence-corrected chi connectivity index (χ4v) is 2.03. The Morgan fingerprint density at radius 1 is 1.12 bits per heavy atom. The summed E-state index contributed by atoms with van der Waals surface area (Å²) in [4.78, 5) is 24.9. The molecule has 0 aliphatic carbocycles. The molecule has 1 aromatic carbocycles. The number of furan rings is 1. The summed E-state index contributed by atoms with van der Waals surface area (Å²) in [6, 6.07) is 10.6. The van der Waals surface area contributed by atoms with Crippen LogP contribution in [0.1, 0.15) is 26.5 Å². The maximum absolute atomic E-state index is 12.5. The van der Waals surface area contributed by atoms with E-state index in [0.717, 1.165) is 0 Å². The Labute approximate surface area is 141 Å². The SMILES string of the molecule is CCOc1ccccc1NC(=O)C(C)(C)C(=O)NCc1ccco1. The average Bonchev–Trinajstić information content (AvgIpc) is 3.08. The molecule has 6 nitrogen and oxygen atoms in total. The molecule has 1 heterocycles. The molecule has 6 heteroatoms. The minimum Gasteiger partial charge on any atom is -0.492 e. The lowest BCUT2D eigenvalue weighted by atomic mass is 9.91. The molecule has 0 saturated carbocycles. The van der Waals surface area contributed by atoms with E-state index >= 15 is 0 Å². The molecule has 2 N–H and O–H groups in total. The molecule has 1 aromatic heterocycles. The van der Waals surface area contributed by atoms with Crippen molar-refractivity contribution in [1.29, 1.82) is 0 Å². The maximum atomic E-state index is 12.5. The van der Waals surface area contributed by atoms with Crippen LogP contribution in [0.5, 0.6) is 5.75 Å². The fourth-order valence-electron chi connectivity index (χ4n) is 2.03. The maximum Gasteiger partial charge on any atom is 0.239 e. The first-order chi connectivity index (χ1) is 11.4. The van der Waals surface area contributed by atoms with Crippen molar-refractivity contribution in [3.63, 3.8) is 0 Å². The molecular weight excluding hydrogens is 308 g/mol. The van der Waals surface area contributed by atoms with E-state index < -0.39 is 11.3 Å². The predicted octanol–water partition coefficient (Wildman–Crippen LogP) is 2.96. The zero-order valence-electron chi connectivity index (χ0n) is 14.1. The van der Waals surface area contributed by atoms with Crippen molar-refractivity contribution in [3.05, 3.63) is 48.4 Å². The van der Waals surface area contributed by atoms with Crippen molar-refractivity contribution in [2.45, 2.75) is 27.3 Å². The van der Waals surface area contributed by atoms with Crippen molar-refractivity contribution >= 4 is 17.5 Å². The van der Waals surface area contributed by atoms with Gasteiger partial charge in [0.1, 0.15) is 16.9 Å². The van der Waals surface area contributed by atoms with Crippen LogP contribution in [-0.2, 0) is 16.1 Å². The Hall–Kier alpha value is -2.76. The number of nitrogens with one attached hydrogen (secondary N) is 2. The number of para-hydroxylation sites is 2. The van der Waals surface area contributed by atoms with Crippen molar-refractivity contribution < 1.29 is 18.7 Å². The zero-order valence-corrected chi connectivity index (χ0v) is 14.1.